The Morgan fingerprint density at radius 1 is 0.192 bits per heavy atom. The first kappa shape index (κ1) is 30.1. The minimum absolute atomic E-state index is 1.22. The van der Waals surface area contributed by atoms with E-state index in [0.29, 0.717) is 0 Å². The molecular formula is C52H34. The maximum Gasteiger partial charge on any atom is -0.00264 e. The minimum Gasteiger partial charge on any atom is -0.0622 e. The van der Waals surface area contributed by atoms with Crippen LogP contribution in [-0.2, 0) is 0 Å². The van der Waals surface area contributed by atoms with Crippen molar-refractivity contribution in [1.82, 2.24) is 0 Å². The molecule has 10 aromatic carbocycles. The molecule has 10 rings (SSSR count). The fourth-order valence-electron chi connectivity index (χ4n) is 8.30. The van der Waals surface area contributed by atoms with Crippen molar-refractivity contribution in [3.05, 3.63) is 206 Å². The van der Waals surface area contributed by atoms with Gasteiger partial charge in [-0.05, 0) is 98.7 Å². The molecule has 0 N–H and O–H groups in total. The smallest absolute Gasteiger partial charge is 0.00264 e. The standard InChI is InChI=1S/C52H34/c1-2-13-36(14-3-1)44-25-11-17-39-18-12-26-45(50(39)44)38-29-33-41(34-30-38)52-48-22-8-6-20-46(48)51(47-21-7-9-23-49(47)52)40-31-27-37(28-32-40)43-24-10-16-35-15-4-5-19-42(35)43/h1-34H. The monoisotopic (exact) mass is 658 g/mol. The van der Waals surface area contributed by atoms with Gasteiger partial charge in [0.05, 0.1) is 0 Å². The second-order valence-electron chi connectivity index (χ2n) is 13.6. The fraction of sp³-hybridized carbons (Fsp3) is 0. The van der Waals surface area contributed by atoms with Gasteiger partial charge in [-0.3, -0.25) is 0 Å². The molecule has 0 aliphatic heterocycles. The third-order valence-corrected chi connectivity index (χ3v) is 10.7. The molecule has 0 fully saturated rings. The van der Waals surface area contributed by atoms with Crippen LogP contribution < -0.4 is 0 Å². The van der Waals surface area contributed by atoms with E-state index in [2.05, 4.69) is 206 Å². The van der Waals surface area contributed by atoms with E-state index in [-0.39, 0.29) is 0 Å². The highest BCUT2D eigenvalue weighted by molar-refractivity contribution is 6.21. The van der Waals surface area contributed by atoms with Crippen LogP contribution in [-0.4, -0.2) is 0 Å². The third-order valence-electron chi connectivity index (χ3n) is 10.7. The zero-order valence-electron chi connectivity index (χ0n) is 28.6. The summed E-state index contributed by atoms with van der Waals surface area (Å²) in [5.41, 5.74) is 12.5. The largest absolute Gasteiger partial charge is 0.0622 e. The Bertz CT molecular complexity index is 2850. The minimum atomic E-state index is 1.22. The van der Waals surface area contributed by atoms with Crippen LogP contribution in [0.3, 0.4) is 0 Å². The lowest BCUT2D eigenvalue weighted by atomic mass is 9.85. The predicted molar refractivity (Wildman–Crippen MR) is 224 cm³/mol. The molecule has 0 spiro atoms. The Balaban J connectivity index is 1.11. The highest BCUT2D eigenvalue weighted by atomic mass is 14.2. The van der Waals surface area contributed by atoms with Crippen molar-refractivity contribution in [1.29, 1.82) is 0 Å². The second kappa shape index (κ2) is 12.5. The van der Waals surface area contributed by atoms with Gasteiger partial charge in [-0.2, -0.15) is 0 Å². The quantitative estimate of drug-likeness (QED) is 0.161. The van der Waals surface area contributed by atoms with Crippen LogP contribution in [0.25, 0.3) is 98.7 Å². The normalized spacial score (nSPS) is 11.5. The molecule has 0 aliphatic carbocycles. The van der Waals surface area contributed by atoms with Gasteiger partial charge in [0.15, 0.2) is 0 Å². The molecule has 0 radical (unpaired) electrons. The average Bonchev–Trinajstić information content (AvgIpc) is 3.22. The summed E-state index contributed by atoms with van der Waals surface area (Å²) in [4.78, 5) is 0. The summed E-state index contributed by atoms with van der Waals surface area (Å²) in [6, 6.07) is 75.4. The SMILES string of the molecule is c1ccc(-c2cccc3cccc(-c4ccc(-c5c6ccccc6c(-c6ccc(-c7cccc8ccccc78)cc6)c6ccccc56)cc4)c23)cc1. The Morgan fingerprint density at radius 3 is 1.06 bits per heavy atom. The molecule has 0 heteroatoms. The summed E-state index contributed by atoms with van der Waals surface area (Å²) in [5.74, 6) is 0. The van der Waals surface area contributed by atoms with E-state index < -0.39 is 0 Å². The van der Waals surface area contributed by atoms with Crippen molar-refractivity contribution in [2.75, 3.05) is 0 Å². The average molecular weight is 659 g/mol. The molecule has 0 nitrogen and oxygen atoms in total. The van der Waals surface area contributed by atoms with E-state index in [4.69, 9.17) is 0 Å². The number of hydrogen-bond donors (Lipinski definition) is 0. The van der Waals surface area contributed by atoms with Crippen LogP contribution in [0.1, 0.15) is 0 Å². The van der Waals surface area contributed by atoms with Gasteiger partial charge in [0.2, 0.25) is 0 Å². The zero-order valence-corrected chi connectivity index (χ0v) is 28.6. The second-order valence-corrected chi connectivity index (χ2v) is 13.6. The zero-order chi connectivity index (χ0) is 34.4. The molecule has 52 heavy (non-hydrogen) atoms. The van der Waals surface area contributed by atoms with Crippen molar-refractivity contribution in [2.45, 2.75) is 0 Å². The summed E-state index contributed by atoms with van der Waals surface area (Å²) in [6.45, 7) is 0. The first-order chi connectivity index (χ1) is 25.8. The van der Waals surface area contributed by atoms with Crippen molar-refractivity contribution in [3.8, 4) is 55.6 Å². The Labute approximate surface area is 303 Å². The van der Waals surface area contributed by atoms with Crippen LogP contribution >= 0.6 is 0 Å². The van der Waals surface area contributed by atoms with Crippen LogP contribution in [0.2, 0.25) is 0 Å². The maximum atomic E-state index is 2.31. The first-order valence-electron chi connectivity index (χ1n) is 18.0. The number of hydrogen-bond acceptors (Lipinski definition) is 0. The van der Waals surface area contributed by atoms with Gasteiger partial charge in [-0.15, -0.1) is 0 Å². The molecule has 0 saturated carbocycles. The molecule has 0 amide bonds. The van der Waals surface area contributed by atoms with Crippen molar-refractivity contribution in [2.24, 2.45) is 0 Å². The lowest BCUT2D eigenvalue weighted by molar-refractivity contribution is 1.61. The lowest BCUT2D eigenvalue weighted by Gasteiger charge is -2.18. The van der Waals surface area contributed by atoms with E-state index in [9.17, 15) is 0 Å². The van der Waals surface area contributed by atoms with Gasteiger partial charge in [0.25, 0.3) is 0 Å². The molecule has 0 saturated heterocycles. The highest BCUT2D eigenvalue weighted by Gasteiger charge is 2.17. The molecule has 0 bridgehead atoms. The van der Waals surface area contributed by atoms with Gasteiger partial charge >= 0.3 is 0 Å². The Morgan fingerprint density at radius 2 is 0.538 bits per heavy atom. The van der Waals surface area contributed by atoms with Crippen LogP contribution in [0.5, 0.6) is 0 Å². The molecule has 0 atom stereocenters. The van der Waals surface area contributed by atoms with Gasteiger partial charge < -0.3 is 0 Å². The third kappa shape index (κ3) is 5.00. The molecule has 10 aromatic rings. The molecular weight excluding hydrogens is 625 g/mol. The summed E-state index contributed by atoms with van der Waals surface area (Å²) in [6.07, 6.45) is 0. The van der Waals surface area contributed by atoms with Crippen molar-refractivity contribution < 1.29 is 0 Å². The number of benzene rings is 10. The lowest BCUT2D eigenvalue weighted by Crippen LogP contribution is -1.91. The van der Waals surface area contributed by atoms with Gasteiger partial charge in [0, 0.05) is 0 Å². The number of rotatable bonds is 5. The van der Waals surface area contributed by atoms with Crippen molar-refractivity contribution >= 4 is 43.1 Å². The molecule has 0 heterocycles. The van der Waals surface area contributed by atoms with E-state index in [1.165, 1.54) is 98.7 Å². The molecule has 242 valence electrons. The van der Waals surface area contributed by atoms with Crippen LogP contribution in [0, 0.1) is 0 Å². The summed E-state index contributed by atoms with van der Waals surface area (Å²) in [5, 5.41) is 10.1. The van der Waals surface area contributed by atoms with Crippen molar-refractivity contribution in [3.63, 3.8) is 0 Å². The van der Waals surface area contributed by atoms with E-state index in [1.54, 1.807) is 0 Å². The Hall–Kier alpha value is -6.76. The van der Waals surface area contributed by atoms with E-state index in [1.807, 2.05) is 0 Å². The fourth-order valence-corrected chi connectivity index (χ4v) is 8.30. The molecule has 0 aromatic heterocycles. The number of fused-ring (bicyclic) bond motifs is 4. The summed E-state index contributed by atoms with van der Waals surface area (Å²) in [7, 11) is 0. The Kier molecular flexibility index (Phi) is 7.25. The first-order valence-corrected chi connectivity index (χ1v) is 18.0. The molecule has 0 aliphatic rings. The van der Waals surface area contributed by atoms with E-state index in [0.717, 1.165) is 0 Å². The van der Waals surface area contributed by atoms with Gasteiger partial charge in [-0.25, -0.2) is 0 Å². The topological polar surface area (TPSA) is 0 Å². The van der Waals surface area contributed by atoms with Crippen LogP contribution in [0.15, 0.2) is 206 Å². The van der Waals surface area contributed by atoms with Crippen LogP contribution in [0.4, 0.5) is 0 Å². The highest BCUT2D eigenvalue weighted by Crippen LogP contribution is 2.45. The van der Waals surface area contributed by atoms with E-state index >= 15 is 0 Å². The van der Waals surface area contributed by atoms with Gasteiger partial charge in [-0.1, -0.05) is 206 Å². The van der Waals surface area contributed by atoms with Gasteiger partial charge in [0.1, 0.15) is 0 Å². The maximum absolute atomic E-state index is 2.31. The molecule has 0 unspecified atom stereocenters. The summed E-state index contributed by atoms with van der Waals surface area (Å²) < 4.78 is 0. The predicted octanol–water partition coefficient (Wildman–Crippen LogP) is 14.6. The summed E-state index contributed by atoms with van der Waals surface area (Å²) >= 11 is 0.